The lowest BCUT2D eigenvalue weighted by Gasteiger charge is -2.08. The number of ether oxygens (including phenoxy) is 1. The second-order valence-corrected chi connectivity index (χ2v) is 6.37. The number of anilines is 1. The van der Waals surface area contributed by atoms with E-state index in [1.807, 2.05) is 31.2 Å². The molecule has 1 aromatic heterocycles. The van der Waals surface area contributed by atoms with E-state index in [4.69, 9.17) is 17.0 Å². The summed E-state index contributed by atoms with van der Waals surface area (Å²) >= 11 is 6.74. The van der Waals surface area contributed by atoms with E-state index in [1.165, 1.54) is 16.9 Å². The number of hydrogen-bond donors (Lipinski definition) is 2. The minimum atomic E-state index is -0.329. The van der Waals surface area contributed by atoms with Crippen LogP contribution in [0.2, 0.25) is 0 Å². The van der Waals surface area contributed by atoms with Gasteiger partial charge in [0.25, 0.3) is 0 Å². The van der Waals surface area contributed by atoms with Gasteiger partial charge in [-0.2, -0.15) is 0 Å². The van der Waals surface area contributed by atoms with E-state index in [1.54, 1.807) is 6.92 Å². The van der Waals surface area contributed by atoms with Gasteiger partial charge < -0.3 is 15.4 Å². The molecule has 122 valence electrons. The van der Waals surface area contributed by atoms with E-state index < -0.39 is 0 Å². The second-order valence-electron chi connectivity index (χ2n) is 4.82. The Hall–Kier alpha value is -1.92. The van der Waals surface area contributed by atoms with Crippen molar-refractivity contribution in [1.82, 2.24) is 5.32 Å². The zero-order valence-corrected chi connectivity index (χ0v) is 14.9. The van der Waals surface area contributed by atoms with Crippen molar-refractivity contribution in [3.63, 3.8) is 0 Å². The summed E-state index contributed by atoms with van der Waals surface area (Å²) in [5.74, 6) is -0.329. The molecule has 0 fully saturated rings. The van der Waals surface area contributed by atoms with Crippen LogP contribution in [0.15, 0.2) is 36.4 Å². The molecule has 0 aliphatic carbocycles. The number of thiocarbonyl (C=S) groups is 1. The molecule has 0 radical (unpaired) electrons. The average molecular weight is 348 g/mol. The van der Waals surface area contributed by atoms with Crippen LogP contribution in [0.25, 0.3) is 0 Å². The molecule has 1 aromatic carbocycles. The molecule has 2 N–H and O–H groups in total. The van der Waals surface area contributed by atoms with Gasteiger partial charge >= 0.3 is 5.97 Å². The highest BCUT2D eigenvalue weighted by atomic mass is 32.1. The average Bonchev–Trinajstić information content (AvgIpc) is 2.91. The first-order chi connectivity index (χ1) is 11.1. The largest absolute Gasteiger partial charge is 0.462 e. The van der Waals surface area contributed by atoms with Gasteiger partial charge in [0.15, 0.2) is 5.11 Å². The van der Waals surface area contributed by atoms with Crippen LogP contribution in [0.1, 0.15) is 34.6 Å². The van der Waals surface area contributed by atoms with Crippen LogP contribution in [-0.2, 0) is 11.2 Å². The Morgan fingerprint density at radius 3 is 2.65 bits per heavy atom. The zero-order chi connectivity index (χ0) is 16.7. The van der Waals surface area contributed by atoms with Crippen LogP contribution in [0.3, 0.4) is 0 Å². The Bertz CT molecular complexity index is 668. The number of thiophene rings is 1. The normalized spacial score (nSPS) is 10.2. The van der Waals surface area contributed by atoms with Crippen molar-refractivity contribution >= 4 is 39.6 Å². The van der Waals surface area contributed by atoms with Gasteiger partial charge in [0.05, 0.1) is 12.2 Å². The lowest BCUT2D eigenvalue weighted by molar-refractivity contribution is 0.0528. The summed E-state index contributed by atoms with van der Waals surface area (Å²) in [6.07, 6.45) is 0.771. The number of benzene rings is 1. The third kappa shape index (κ3) is 5.04. The van der Waals surface area contributed by atoms with Crippen molar-refractivity contribution < 1.29 is 9.53 Å². The molecule has 0 unspecified atom stereocenters. The second kappa shape index (κ2) is 8.64. The van der Waals surface area contributed by atoms with E-state index in [0.29, 0.717) is 17.3 Å². The fourth-order valence-electron chi connectivity index (χ4n) is 2.09. The maximum Gasteiger partial charge on any atom is 0.341 e. The Balaban J connectivity index is 2.23. The van der Waals surface area contributed by atoms with Gasteiger partial charge in [-0.15, -0.1) is 11.3 Å². The predicted octanol–water partition coefficient (Wildman–Crippen LogP) is 3.82. The molecule has 2 aromatic rings. The highest BCUT2D eigenvalue weighted by Crippen LogP contribution is 2.30. The molecule has 4 nitrogen and oxygen atoms in total. The number of rotatable bonds is 6. The molecule has 0 aliphatic rings. The van der Waals surface area contributed by atoms with Crippen molar-refractivity contribution in [2.75, 3.05) is 18.5 Å². The van der Waals surface area contributed by atoms with Crippen LogP contribution >= 0.6 is 23.6 Å². The minimum Gasteiger partial charge on any atom is -0.462 e. The van der Waals surface area contributed by atoms with E-state index in [2.05, 4.69) is 22.8 Å². The van der Waals surface area contributed by atoms with Crippen LogP contribution in [0.4, 0.5) is 5.00 Å². The van der Waals surface area contributed by atoms with Crippen molar-refractivity contribution in [3.8, 4) is 0 Å². The molecule has 0 spiro atoms. The fourth-order valence-corrected chi connectivity index (χ4v) is 3.48. The number of nitrogens with one attached hydrogen (secondary N) is 2. The standard InChI is InChI=1S/C17H20N2O2S2/c1-3-18-17(22)19-15-14(16(20)21-4-2)11-13(23-15)10-12-8-6-5-7-9-12/h5-9,11H,3-4,10H2,1-2H3,(H2,18,19,22). The monoisotopic (exact) mass is 348 g/mol. The first-order valence-corrected chi connectivity index (χ1v) is 8.75. The van der Waals surface area contributed by atoms with Gasteiger partial charge in [0, 0.05) is 17.8 Å². The topological polar surface area (TPSA) is 50.4 Å². The summed E-state index contributed by atoms with van der Waals surface area (Å²) < 4.78 is 5.14. The van der Waals surface area contributed by atoms with E-state index in [9.17, 15) is 4.79 Å². The molecule has 6 heteroatoms. The van der Waals surface area contributed by atoms with E-state index in [-0.39, 0.29) is 5.97 Å². The highest BCUT2D eigenvalue weighted by Gasteiger charge is 2.18. The smallest absolute Gasteiger partial charge is 0.341 e. The van der Waals surface area contributed by atoms with Crippen molar-refractivity contribution in [2.24, 2.45) is 0 Å². The van der Waals surface area contributed by atoms with Crippen LogP contribution in [0.5, 0.6) is 0 Å². The molecule has 0 amide bonds. The molecule has 23 heavy (non-hydrogen) atoms. The SMILES string of the molecule is CCNC(=S)Nc1sc(Cc2ccccc2)cc1C(=O)OCC. The van der Waals surface area contributed by atoms with Crippen molar-refractivity contribution in [2.45, 2.75) is 20.3 Å². The lowest BCUT2D eigenvalue weighted by atomic mass is 10.1. The van der Waals surface area contributed by atoms with Gasteiger partial charge in [0.2, 0.25) is 0 Å². The Kier molecular flexibility index (Phi) is 6.55. The molecule has 0 aliphatic heterocycles. The van der Waals surface area contributed by atoms with Crippen molar-refractivity contribution in [3.05, 3.63) is 52.4 Å². The molecule has 2 rings (SSSR count). The summed E-state index contributed by atoms with van der Waals surface area (Å²) in [5, 5.41) is 7.35. The lowest BCUT2D eigenvalue weighted by Crippen LogP contribution is -2.28. The van der Waals surface area contributed by atoms with Crippen molar-refractivity contribution in [1.29, 1.82) is 0 Å². The summed E-state index contributed by atoms with van der Waals surface area (Å²) in [6, 6.07) is 12.0. The first kappa shape index (κ1) is 17.4. The number of esters is 1. The number of carbonyl (C=O) groups is 1. The number of carbonyl (C=O) groups excluding carboxylic acids is 1. The molecule has 0 atom stereocenters. The maximum absolute atomic E-state index is 12.2. The molecule has 0 bridgehead atoms. The molecule has 1 heterocycles. The first-order valence-electron chi connectivity index (χ1n) is 7.52. The third-order valence-electron chi connectivity index (χ3n) is 3.06. The van der Waals surface area contributed by atoms with E-state index in [0.717, 1.165) is 22.8 Å². The van der Waals surface area contributed by atoms with Crippen LogP contribution < -0.4 is 10.6 Å². The highest BCUT2D eigenvalue weighted by molar-refractivity contribution is 7.80. The Labute approximate surface area is 145 Å². The van der Waals surface area contributed by atoms with Gasteiger partial charge in [-0.1, -0.05) is 30.3 Å². The van der Waals surface area contributed by atoms with Crippen LogP contribution in [-0.4, -0.2) is 24.2 Å². The van der Waals surface area contributed by atoms with Gasteiger partial charge in [0.1, 0.15) is 5.00 Å². The summed E-state index contributed by atoms with van der Waals surface area (Å²) in [5.41, 5.74) is 1.73. The summed E-state index contributed by atoms with van der Waals surface area (Å²) in [6.45, 7) is 4.84. The predicted molar refractivity (Wildman–Crippen MR) is 99.4 cm³/mol. The maximum atomic E-state index is 12.2. The van der Waals surface area contributed by atoms with Gasteiger partial charge in [-0.25, -0.2) is 4.79 Å². The van der Waals surface area contributed by atoms with E-state index >= 15 is 0 Å². The summed E-state index contributed by atoms with van der Waals surface area (Å²) in [7, 11) is 0. The summed E-state index contributed by atoms with van der Waals surface area (Å²) in [4.78, 5) is 13.2. The van der Waals surface area contributed by atoms with Gasteiger partial charge in [-0.05, 0) is 37.7 Å². The molecule has 0 saturated heterocycles. The Morgan fingerprint density at radius 1 is 1.26 bits per heavy atom. The minimum absolute atomic E-state index is 0.329. The quantitative estimate of drug-likeness (QED) is 0.614. The third-order valence-corrected chi connectivity index (χ3v) is 4.36. The zero-order valence-electron chi connectivity index (χ0n) is 13.2. The Morgan fingerprint density at radius 2 is 2.00 bits per heavy atom. The number of hydrogen-bond acceptors (Lipinski definition) is 4. The van der Waals surface area contributed by atoms with Gasteiger partial charge in [-0.3, -0.25) is 0 Å². The molecular formula is C17H20N2O2S2. The molecular weight excluding hydrogens is 328 g/mol. The fraction of sp³-hybridized carbons (Fsp3) is 0.294. The molecule has 0 saturated carbocycles. The van der Waals surface area contributed by atoms with Crippen LogP contribution in [0, 0.1) is 0 Å².